The zero-order chi connectivity index (χ0) is 13.8. The van der Waals surface area contributed by atoms with Crippen molar-refractivity contribution in [1.82, 2.24) is 4.90 Å². The number of nitrogens with one attached hydrogen (secondary N) is 1. The fraction of sp³-hybridized carbons (Fsp3) is 0.438. The second kappa shape index (κ2) is 6.27. The normalized spacial score (nSPS) is 16.1. The molecule has 0 spiro atoms. The third kappa shape index (κ3) is 3.12. The Morgan fingerprint density at radius 2 is 1.95 bits per heavy atom. The quantitative estimate of drug-likeness (QED) is 0.933. The fourth-order valence-corrected chi connectivity index (χ4v) is 3.46. The summed E-state index contributed by atoms with van der Waals surface area (Å²) in [5, 5.41) is 6.59. The number of anilines is 1. The van der Waals surface area contributed by atoms with Gasteiger partial charge in [0.25, 0.3) is 0 Å². The molecule has 0 unspecified atom stereocenters. The average molecular weight is 288 g/mol. The lowest BCUT2D eigenvalue weighted by Crippen LogP contribution is -2.36. The van der Waals surface area contributed by atoms with Crippen LogP contribution in [0.15, 0.2) is 29.6 Å². The number of hydrogen-bond acceptors (Lipinski definition) is 3. The van der Waals surface area contributed by atoms with Crippen LogP contribution in [-0.2, 0) is 4.79 Å². The molecule has 0 aliphatic carbocycles. The van der Waals surface area contributed by atoms with E-state index in [1.807, 2.05) is 4.90 Å². The van der Waals surface area contributed by atoms with Crippen LogP contribution < -0.4 is 5.32 Å². The zero-order valence-corrected chi connectivity index (χ0v) is 12.4. The molecule has 2 aromatic rings. The minimum atomic E-state index is 0.220. The van der Waals surface area contributed by atoms with Gasteiger partial charge in [-0.3, -0.25) is 4.79 Å². The molecular formula is C16H20N2OS. The molecule has 2 heterocycles. The first kappa shape index (κ1) is 13.4. The second-order valence-corrected chi connectivity index (χ2v) is 6.27. The van der Waals surface area contributed by atoms with E-state index in [0.717, 1.165) is 31.6 Å². The highest BCUT2D eigenvalue weighted by molar-refractivity contribution is 7.17. The summed E-state index contributed by atoms with van der Waals surface area (Å²) in [5.41, 5.74) is 1.03. The maximum absolute atomic E-state index is 12.2. The summed E-state index contributed by atoms with van der Waals surface area (Å²) in [7, 11) is 0. The Kier molecular flexibility index (Phi) is 4.21. The molecule has 1 amide bonds. The van der Waals surface area contributed by atoms with Gasteiger partial charge in [0.05, 0.1) is 6.54 Å². The van der Waals surface area contributed by atoms with E-state index < -0.39 is 0 Å². The summed E-state index contributed by atoms with van der Waals surface area (Å²) in [6.07, 6.45) is 4.80. The fourth-order valence-electron chi connectivity index (χ4n) is 2.69. The van der Waals surface area contributed by atoms with Crippen LogP contribution in [0.25, 0.3) is 10.1 Å². The molecule has 106 valence electrons. The first-order chi connectivity index (χ1) is 9.83. The number of thiophene rings is 1. The molecule has 1 aromatic carbocycles. The lowest BCUT2D eigenvalue weighted by atomic mass is 10.2. The number of carbonyl (C=O) groups is 1. The van der Waals surface area contributed by atoms with Gasteiger partial charge in [-0.25, -0.2) is 0 Å². The van der Waals surface area contributed by atoms with Gasteiger partial charge in [-0.05, 0) is 47.9 Å². The lowest BCUT2D eigenvalue weighted by molar-refractivity contribution is -0.129. The van der Waals surface area contributed by atoms with E-state index in [0.29, 0.717) is 6.54 Å². The smallest absolute Gasteiger partial charge is 0.241 e. The number of fused-ring (bicyclic) bond motifs is 1. The monoisotopic (exact) mass is 288 g/mol. The van der Waals surface area contributed by atoms with Gasteiger partial charge in [-0.2, -0.15) is 0 Å². The molecule has 0 radical (unpaired) electrons. The third-order valence-electron chi connectivity index (χ3n) is 3.85. The molecule has 0 atom stereocenters. The summed E-state index contributed by atoms with van der Waals surface area (Å²) in [5.74, 6) is 0.220. The molecule has 3 rings (SSSR count). The van der Waals surface area contributed by atoms with Crippen molar-refractivity contribution in [2.45, 2.75) is 25.7 Å². The topological polar surface area (TPSA) is 32.3 Å². The van der Waals surface area contributed by atoms with Crippen LogP contribution in [0, 0.1) is 0 Å². The van der Waals surface area contributed by atoms with Gasteiger partial charge in [0.15, 0.2) is 0 Å². The molecule has 4 heteroatoms. The molecule has 1 aliphatic rings. The predicted octanol–water partition coefficient (Wildman–Crippen LogP) is 3.72. The molecule has 0 saturated carbocycles. The van der Waals surface area contributed by atoms with Crippen molar-refractivity contribution in [3.8, 4) is 0 Å². The van der Waals surface area contributed by atoms with Crippen LogP contribution in [0.3, 0.4) is 0 Å². The van der Waals surface area contributed by atoms with E-state index in [9.17, 15) is 4.79 Å². The van der Waals surface area contributed by atoms with Crippen molar-refractivity contribution in [3.63, 3.8) is 0 Å². The predicted molar refractivity (Wildman–Crippen MR) is 85.4 cm³/mol. The highest BCUT2D eigenvalue weighted by Crippen LogP contribution is 2.23. The van der Waals surface area contributed by atoms with Crippen molar-refractivity contribution < 1.29 is 4.79 Å². The number of hydrogen-bond donors (Lipinski definition) is 1. The first-order valence-corrected chi connectivity index (χ1v) is 8.20. The largest absolute Gasteiger partial charge is 0.376 e. The number of rotatable bonds is 3. The maximum Gasteiger partial charge on any atom is 0.241 e. The van der Waals surface area contributed by atoms with Gasteiger partial charge in [0.2, 0.25) is 5.91 Å². The number of nitrogens with zero attached hydrogens (tertiary/aromatic N) is 1. The van der Waals surface area contributed by atoms with Crippen molar-refractivity contribution in [1.29, 1.82) is 0 Å². The van der Waals surface area contributed by atoms with Gasteiger partial charge in [-0.15, -0.1) is 11.3 Å². The molecule has 0 bridgehead atoms. The second-order valence-electron chi connectivity index (χ2n) is 5.32. The van der Waals surface area contributed by atoms with Crippen LogP contribution in [-0.4, -0.2) is 30.4 Å². The summed E-state index contributed by atoms with van der Waals surface area (Å²) in [6, 6.07) is 8.39. The van der Waals surface area contributed by atoms with Crippen LogP contribution in [0.4, 0.5) is 5.69 Å². The summed E-state index contributed by atoms with van der Waals surface area (Å²) < 4.78 is 1.29. The number of benzene rings is 1. The highest BCUT2D eigenvalue weighted by Gasteiger charge is 2.14. The molecule has 1 saturated heterocycles. The minimum Gasteiger partial charge on any atom is -0.376 e. The average Bonchev–Trinajstić information content (AvgIpc) is 2.76. The molecule has 1 aliphatic heterocycles. The number of carbonyl (C=O) groups excluding carboxylic acids is 1. The molecular weight excluding hydrogens is 268 g/mol. The number of likely N-dealkylation sites (tertiary alicyclic amines) is 1. The van der Waals surface area contributed by atoms with Crippen molar-refractivity contribution in [2.75, 3.05) is 25.0 Å². The molecule has 1 N–H and O–H groups in total. The maximum atomic E-state index is 12.2. The van der Waals surface area contributed by atoms with Crippen molar-refractivity contribution in [3.05, 3.63) is 29.6 Å². The Bertz CT molecular complexity index is 585. The van der Waals surface area contributed by atoms with Crippen molar-refractivity contribution >= 4 is 33.0 Å². The summed E-state index contributed by atoms with van der Waals surface area (Å²) in [6.45, 7) is 2.24. The summed E-state index contributed by atoms with van der Waals surface area (Å²) >= 11 is 1.74. The standard InChI is InChI=1S/C16H20N2OS/c19-16(18-8-3-1-2-4-9-18)12-17-14-5-6-15-13(11-14)7-10-20-15/h5-7,10-11,17H,1-4,8-9,12H2. The highest BCUT2D eigenvalue weighted by atomic mass is 32.1. The van der Waals surface area contributed by atoms with Gasteiger partial charge < -0.3 is 10.2 Å². The van der Waals surface area contributed by atoms with E-state index in [2.05, 4.69) is 35.0 Å². The van der Waals surface area contributed by atoms with Crippen LogP contribution in [0.1, 0.15) is 25.7 Å². The Balaban J connectivity index is 1.58. The van der Waals surface area contributed by atoms with E-state index in [1.165, 1.54) is 22.9 Å². The number of amides is 1. The minimum absolute atomic E-state index is 0.220. The lowest BCUT2D eigenvalue weighted by Gasteiger charge is -2.20. The molecule has 1 fully saturated rings. The van der Waals surface area contributed by atoms with E-state index in [-0.39, 0.29) is 5.91 Å². The van der Waals surface area contributed by atoms with Crippen molar-refractivity contribution in [2.24, 2.45) is 0 Å². The zero-order valence-electron chi connectivity index (χ0n) is 11.6. The van der Waals surface area contributed by atoms with Crippen LogP contribution in [0.2, 0.25) is 0 Å². The van der Waals surface area contributed by atoms with Gasteiger partial charge >= 0.3 is 0 Å². The Hall–Kier alpha value is -1.55. The van der Waals surface area contributed by atoms with E-state index in [1.54, 1.807) is 11.3 Å². The molecule has 3 nitrogen and oxygen atoms in total. The Labute approximate surface area is 123 Å². The van der Waals surface area contributed by atoms with E-state index in [4.69, 9.17) is 0 Å². The molecule has 20 heavy (non-hydrogen) atoms. The Morgan fingerprint density at radius 3 is 2.75 bits per heavy atom. The van der Waals surface area contributed by atoms with Gasteiger partial charge in [0, 0.05) is 23.5 Å². The Morgan fingerprint density at radius 1 is 1.15 bits per heavy atom. The van der Waals surface area contributed by atoms with E-state index >= 15 is 0 Å². The SMILES string of the molecule is O=C(CNc1ccc2sccc2c1)N1CCCCCC1. The van der Waals surface area contributed by atoms with Gasteiger partial charge in [-0.1, -0.05) is 12.8 Å². The molecule has 1 aromatic heterocycles. The summed E-state index contributed by atoms with van der Waals surface area (Å²) in [4.78, 5) is 14.2. The van der Waals surface area contributed by atoms with Crippen LogP contribution >= 0.6 is 11.3 Å². The first-order valence-electron chi connectivity index (χ1n) is 7.32. The van der Waals surface area contributed by atoms with Gasteiger partial charge in [0.1, 0.15) is 0 Å². The van der Waals surface area contributed by atoms with Crippen LogP contribution in [0.5, 0.6) is 0 Å². The third-order valence-corrected chi connectivity index (χ3v) is 4.75.